The van der Waals surface area contributed by atoms with Crippen molar-refractivity contribution in [3.63, 3.8) is 0 Å². The van der Waals surface area contributed by atoms with Crippen molar-refractivity contribution in [1.82, 2.24) is 16.2 Å². The van der Waals surface area contributed by atoms with Gasteiger partial charge in [0.05, 0.1) is 65.0 Å². The number of carbonyl (C=O) groups is 5. The van der Waals surface area contributed by atoms with Gasteiger partial charge in [0.15, 0.2) is 11.2 Å². The number of nitrogens with two attached hydrogens (primary N) is 1. The molecule has 0 unspecified atom stereocenters. The van der Waals surface area contributed by atoms with E-state index in [4.69, 9.17) is 50.8 Å². The minimum Gasteiger partial charge on any atom is -0.496 e. The summed E-state index contributed by atoms with van der Waals surface area (Å²) < 4.78 is 15.5. The molecule has 7 N–H and O–H groups in total. The molecule has 3 aromatic rings. The molecule has 18 nitrogen and oxygen atoms in total. The fourth-order valence-electron chi connectivity index (χ4n) is 5.24. The van der Waals surface area contributed by atoms with E-state index in [1.807, 2.05) is 74.4 Å². The van der Waals surface area contributed by atoms with Gasteiger partial charge in [-0.15, -0.1) is 0 Å². The smallest absolute Gasteiger partial charge is 0.300 e. The van der Waals surface area contributed by atoms with Crippen LogP contribution in [0.3, 0.4) is 0 Å². The Morgan fingerprint density at radius 3 is 1.34 bits per heavy atom. The molecule has 0 aliphatic heterocycles. The number of aliphatic hydroxyl groups excluding tert-OH is 1. The quantitative estimate of drug-likeness (QED) is 0.0251. The van der Waals surface area contributed by atoms with Gasteiger partial charge in [-0.2, -0.15) is 20.9 Å². The monoisotopic (exact) mass is 970 g/mol. The number of nitrogens with zero attached hydrogens (tertiary/aromatic N) is 4. The zero-order valence-electron chi connectivity index (χ0n) is 43.6. The van der Waals surface area contributed by atoms with E-state index in [2.05, 4.69) is 34.3 Å². The van der Waals surface area contributed by atoms with Gasteiger partial charge < -0.3 is 29.7 Å². The summed E-state index contributed by atoms with van der Waals surface area (Å²) in [6, 6.07) is 21.8. The first-order chi connectivity index (χ1) is 32.5. The Labute approximate surface area is 414 Å². The first kappa shape index (κ1) is 66.6. The topological polar surface area (TPSA) is 299 Å². The van der Waals surface area contributed by atoms with Crippen LogP contribution in [0.2, 0.25) is 0 Å². The van der Waals surface area contributed by atoms with E-state index < -0.39 is 11.4 Å². The number of hydrogen-bond donors (Lipinski definition) is 6. The SMILES string of the molecule is CC(=O)O.CO.COc1cccc(C(=O)N/N=C(/CC#N)C(C)(C)C)c1C.COc1cccc(C(=O)NC/C(=C\C#N)C(C)(C)C)c1C.COc1cccc(C(=O)NN)c1C.[CH2+]C(C)(C)C(=O)CC#N. The molecule has 3 aromatic carbocycles. The van der Waals surface area contributed by atoms with Gasteiger partial charge in [0.25, 0.3) is 23.7 Å². The number of nitrogen functional groups attached to an aromatic ring is 1. The molecule has 0 fully saturated rings. The molecular formula is C52H73N8O10+. The van der Waals surface area contributed by atoms with Crippen LogP contribution < -0.4 is 36.2 Å². The molecule has 0 spiro atoms. The van der Waals surface area contributed by atoms with Crippen LogP contribution in [-0.4, -0.2) is 80.4 Å². The molecule has 0 atom stereocenters. The number of carboxylic acids is 1. The second kappa shape index (κ2) is 33.7. The van der Waals surface area contributed by atoms with Crippen molar-refractivity contribution in [2.45, 2.75) is 95.9 Å². The predicted octanol–water partition coefficient (Wildman–Crippen LogP) is 7.91. The van der Waals surface area contributed by atoms with Gasteiger partial charge in [-0.1, -0.05) is 59.7 Å². The van der Waals surface area contributed by atoms with Crippen LogP contribution in [0.1, 0.15) is 123 Å². The molecular weight excluding hydrogens is 897 g/mol. The molecule has 3 amide bonds. The number of hydrazone groups is 1. The third kappa shape index (κ3) is 25.4. The summed E-state index contributed by atoms with van der Waals surface area (Å²) in [7, 11) is 5.71. The highest BCUT2D eigenvalue weighted by Crippen LogP contribution is 2.26. The summed E-state index contributed by atoms with van der Waals surface area (Å²) in [5.41, 5.74) is 9.06. The molecule has 3 rings (SSSR count). The lowest BCUT2D eigenvalue weighted by atomic mass is 9.86. The summed E-state index contributed by atoms with van der Waals surface area (Å²) >= 11 is 0. The maximum Gasteiger partial charge on any atom is 0.300 e. The zero-order valence-corrected chi connectivity index (χ0v) is 43.6. The van der Waals surface area contributed by atoms with Gasteiger partial charge in [-0.25, -0.2) is 11.3 Å². The van der Waals surface area contributed by atoms with Crippen LogP contribution in [-0.2, 0) is 9.59 Å². The molecule has 0 saturated carbocycles. The average molecular weight is 970 g/mol. The Morgan fingerprint density at radius 2 is 1.06 bits per heavy atom. The van der Waals surface area contributed by atoms with Gasteiger partial charge in [-0.05, 0) is 82.0 Å². The zero-order chi connectivity index (χ0) is 55.0. The number of hydrazine groups is 1. The van der Waals surface area contributed by atoms with Crippen LogP contribution in [0.25, 0.3) is 0 Å². The number of ether oxygens (including phenoxy) is 3. The maximum atomic E-state index is 12.3. The number of methoxy groups -OCH3 is 3. The molecule has 0 heterocycles. The van der Waals surface area contributed by atoms with Crippen molar-refractivity contribution >= 4 is 35.2 Å². The number of allylic oxidation sites excluding steroid dienone is 1. The number of Topliss-reactive ketones (excluding diaryl/α,β-unsaturated/α-hetero) is 1. The van der Waals surface area contributed by atoms with E-state index in [1.54, 1.807) is 89.8 Å². The predicted molar refractivity (Wildman–Crippen MR) is 271 cm³/mol. The summed E-state index contributed by atoms with van der Waals surface area (Å²) in [4.78, 5) is 55.5. The number of rotatable bonds is 12. The Hall–Kier alpha value is -7.72. The number of carboxylic acid groups (broad SMARTS) is 1. The lowest BCUT2D eigenvalue weighted by Crippen LogP contribution is -2.30. The standard InChI is InChI=1S/C17H22N2O2.C16H21N3O2.C9H12N2O2.C7H10NO.C2H4O2.CH4O/c1-12-14(7-6-8-15(12)21-5)16(20)19-11-13(9-10-18)17(2,3)4;1-11-12(7-6-8-13(11)21-5)15(20)19-18-14(9-10-17)16(2,3)4;1-6-7(9(12)11-10)4-3-5-8(6)13-2;1-7(2,3)6(9)4-5-8;1-2(3)4;1-2/h6-9H,11H2,1-5H3,(H,19,20);6-8H,9H2,1-5H3,(H,19,20);3-5H,10H2,1-2H3,(H,11,12);1,4H2,2-3H3;1H3,(H,3,4);2H,1H3/q;;;+1;;/b13-9+;18-14-;;;;. The Bertz CT molecular complexity index is 2360. The molecule has 380 valence electrons. The molecule has 0 saturated heterocycles. The second-order valence-electron chi connectivity index (χ2n) is 17.3. The average Bonchev–Trinajstić information content (AvgIpc) is 3.29. The van der Waals surface area contributed by atoms with Crippen LogP contribution in [0.5, 0.6) is 17.2 Å². The van der Waals surface area contributed by atoms with Gasteiger partial charge in [-0.3, -0.25) is 29.4 Å². The minimum absolute atomic E-state index is 0.0312. The van der Waals surface area contributed by atoms with E-state index >= 15 is 0 Å². The van der Waals surface area contributed by atoms with E-state index in [9.17, 15) is 19.2 Å². The van der Waals surface area contributed by atoms with E-state index in [0.717, 1.165) is 36.3 Å². The van der Waals surface area contributed by atoms with Crippen molar-refractivity contribution < 1.29 is 48.4 Å². The van der Waals surface area contributed by atoms with Gasteiger partial charge in [0, 0.05) is 65.5 Å². The number of amides is 3. The summed E-state index contributed by atoms with van der Waals surface area (Å²) in [5, 5.41) is 47.2. The number of nitriles is 3. The number of ketones is 1. The van der Waals surface area contributed by atoms with Crippen LogP contribution >= 0.6 is 0 Å². The largest absolute Gasteiger partial charge is 0.496 e. The number of aliphatic hydroxyl groups is 1. The van der Waals surface area contributed by atoms with Crippen molar-refractivity contribution in [3.05, 3.63) is 107 Å². The highest BCUT2D eigenvalue weighted by atomic mass is 16.5. The molecule has 0 bridgehead atoms. The highest BCUT2D eigenvalue weighted by Gasteiger charge is 2.28. The summed E-state index contributed by atoms with van der Waals surface area (Å²) in [6.45, 7) is 25.8. The van der Waals surface area contributed by atoms with Crippen LogP contribution in [0.4, 0.5) is 0 Å². The third-order valence-electron chi connectivity index (χ3n) is 9.42. The highest BCUT2D eigenvalue weighted by molar-refractivity contribution is 5.98. The number of benzene rings is 3. The fourth-order valence-corrected chi connectivity index (χ4v) is 5.24. The molecule has 70 heavy (non-hydrogen) atoms. The lowest BCUT2D eigenvalue weighted by Gasteiger charge is -2.22. The van der Waals surface area contributed by atoms with Crippen molar-refractivity contribution in [2.24, 2.45) is 27.2 Å². The Kier molecular flexibility index (Phi) is 32.0. The molecule has 0 aliphatic rings. The second-order valence-corrected chi connectivity index (χ2v) is 17.3. The van der Waals surface area contributed by atoms with Gasteiger partial charge >= 0.3 is 0 Å². The van der Waals surface area contributed by atoms with Crippen molar-refractivity contribution in [2.75, 3.05) is 35.0 Å². The number of hydrogen-bond acceptors (Lipinski definition) is 14. The first-order valence-electron chi connectivity index (χ1n) is 21.5. The number of nitrogens with one attached hydrogen (secondary N) is 3. The van der Waals surface area contributed by atoms with E-state index in [1.165, 1.54) is 6.08 Å². The van der Waals surface area contributed by atoms with Gasteiger partial charge in [0.1, 0.15) is 17.2 Å². The van der Waals surface area contributed by atoms with Gasteiger partial charge in [0.2, 0.25) is 0 Å². The molecule has 0 radical (unpaired) electrons. The first-order valence-corrected chi connectivity index (χ1v) is 21.5. The lowest BCUT2D eigenvalue weighted by molar-refractivity contribution is -0.134. The van der Waals surface area contributed by atoms with E-state index in [-0.39, 0.29) is 47.2 Å². The molecule has 0 aliphatic carbocycles. The summed E-state index contributed by atoms with van der Waals surface area (Å²) in [6.07, 6.45) is 1.65. The minimum atomic E-state index is -0.833. The summed E-state index contributed by atoms with van der Waals surface area (Å²) in [5.74, 6) is 5.31. The molecule has 18 heteroatoms. The maximum absolute atomic E-state index is 12.3. The number of aliphatic carboxylic acids is 1. The van der Waals surface area contributed by atoms with E-state index in [0.29, 0.717) is 46.2 Å². The van der Waals surface area contributed by atoms with Crippen LogP contribution in [0, 0.1) is 77.9 Å². The third-order valence-corrected chi connectivity index (χ3v) is 9.42. The molecule has 0 aromatic heterocycles. The Balaban J connectivity index is -0.000000855. The normalized spacial score (nSPS) is 10.6. The fraction of sp³-hybridized carbons (Fsp3) is 0.423. The van der Waals surface area contributed by atoms with Crippen LogP contribution in [0.15, 0.2) is 71.3 Å². The number of carbonyl (C=O) groups excluding carboxylic acids is 4. The van der Waals surface area contributed by atoms with Crippen molar-refractivity contribution in [3.8, 4) is 35.5 Å². The Morgan fingerprint density at radius 1 is 0.686 bits per heavy atom. The van der Waals surface area contributed by atoms with Crippen molar-refractivity contribution in [1.29, 1.82) is 15.8 Å².